The fraction of sp³-hybridized carbons (Fsp3) is 0.250. The zero-order valence-corrected chi connectivity index (χ0v) is 8.73. The maximum Gasteiger partial charge on any atom is 0.243 e. The highest BCUT2D eigenvalue weighted by Gasteiger charge is 2.07. The number of hydrogen-bond acceptors (Lipinski definition) is 2. The first-order valence-electron chi connectivity index (χ1n) is 4.78. The molecule has 0 saturated heterocycles. The minimum atomic E-state index is -0.672. The lowest BCUT2D eigenvalue weighted by atomic mass is 10.1. The lowest BCUT2D eigenvalue weighted by molar-refractivity contribution is -0.116. The van der Waals surface area contributed by atoms with Crippen LogP contribution in [0.25, 0.3) is 0 Å². The first-order valence-corrected chi connectivity index (χ1v) is 4.78. The van der Waals surface area contributed by atoms with Gasteiger partial charge in [-0.1, -0.05) is 36.4 Å². The number of amides is 1. The second-order valence-electron chi connectivity index (χ2n) is 3.38. The van der Waals surface area contributed by atoms with Crippen molar-refractivity contribution in [3.63, 3.8) is 0 Å². The Hall–Kier alpha value is -1.61. The van der Waals surface area contributed by atoms with Gasteiger partial charge in [-0.2, -0.15) is 0 Å². The largest absolute Gasteiger partial charge is 0.387 e. The van der Waals surface area contributed by atoms with Crippen molar-refractivity contribution in [3.05, 3.63) is 48.0 Å². The summed E-state index contributed by atoms with van der Waals surface area (Å²) >= 11 is 0. The Morgan fingerprint density at radius 3 is 2.67 bits per heavy atom. The summed E-state index contributed by atoms with van der Waals surface area (Å²) in [6, 6.07) is 7.54. The van der Waals surface area contributed by atoms with Crippen molar-refractivity contribution in [2.24, 2.45) is 0 Å². The molecule has 0 spiro atoms. The van der Waals surface area contributed by atoms with E-state index in [2.05, 4.69) is 11.9 Å². The van der Waals surface area contributed by atoms with Crippen LogP contribution in [-0.4, -0.2) is 17.6 Å². The van der Waals surface area contributed by atoms with Gasteiger partial charge in [-0.25, -0.2) is 0 Å². The second-order valence-corrected chi connectivity index (χ2v) is 3.38. The molecule has 0 radical (unpaired) electrons. The van der Waals surface area contributed by atoms with Crippen molar-refractivity contribution in [1.29, 1.82) is 0 Å². The molecule has 1 amide bonds. The molecular formula is C12H15NO2. The van der Waals surface area contributed by atoms with Gasteiger partial charge in [-0.15, -0.1) is 0 Å². The summed E-state index contributed by atoms with van der Waals surface area (Å²) in [5.74, 6) is -0.277. The van der Waals surface area contributed by atoms with Gasteiger partial charge in [-0.05, 0) is 18.6 Å². The Kier molecular flexibility index (Phi) is 4.06. The van der Waals surface area contributed by atoms with E-state index < -0.39 is 6.10 Å². The van der Waals surface area contributed by atoms with E-state index >= 15 is 0 Å². The van der Waals surface area contributed by atoms with E-state index in [-0.39, 0.29) is 12.5 Å². The van der Waals surface area contributed by atoms with Gasteiger partial charge in [0.2, 0.25) is 5.91 Å². The predicted octanol–water partition coefficient (Wildman–Crippen LogP) is 1.33. The number of aliphatic hydroxyl groups excluding tert-OH is 1. The van der Waals surface area contributed by atoms with Crippen LogP contribution in [0.3, 0.4) is 0 Å². The third-order valence-corrected chi connectivity index (χ3v) is 2.12. The van der Waals surface area contributed by atoms with Crippen LogP contribution in [0.4, 0.5) is 0 Å². The molecule has 0 saturated carbocycles. The van der Waals surface area contributed by atoms with E-state index in [4.69, 9.17) is 0 Å². The molecule has 0 fully saturated rings. The number of rotatable bonds is 4. The molecule has 0 unspecified atom stereocenters. The fourth-order valence-corrected chi connectivity index (χ4v) is 1.18. The predicted molar refractivity (Wildman–Crippen MR) is 59.3 cm³/mol. The quantitative estimate of drug-likeness (QED) is 0.728. The normalized spacial score (nSPS) is 11.9. The van der Waals surface area contributed by atoms with Crippen LogP contribution < -0.4 is 5.32 Å². The Bertz CT molecular complexity index is 343. The minimum absolute atomic E-state index is 0.202. The van der Waals surface area contributed by atoms with Crippen molar-refractivity contribution in [3.8, 4) is 0 Å². The van der Waals surface area contributed by atoms with Crippen LogP contribution in [0.5, 0.6) is 0 Å². The third kappa shape index (κ3) is 3.56. The molecule has 2 N–H and O–H groups in total. The number of carbonyl (C=O) groups is 1. The Labute approximate surface area is 89.4 Å². The summed E-state index contributed by atoms with van der Waals surface area (Å²) in [6.07, 6.45) is 0.511. The molecular weight excluding hydrogens is 190 g/mol. The summed E-state index contributed by atoms with van der Waals surface area (Å²) in [5.41, 5.74) is 1.94. The van der Waals surface area contributed by atoms with Crippen molar-refractivity contribution in [1.82, 2.24) is 5.32 Å². The summed E-state index contributed by atoms with van der Waals surface area (Å²) in [4.78, 5) is 10.9. The SMILES string of the molecule is C=CC(=O)NC[C@@H](O)c1ccc(C)cc1. The second kappa shape index (κ2) is 5.32. The van der Waals surface area contributed by atoms with Gasteiger partial charge in [0.15, 0.2) is 0 Å². The van der Waals surface area contributed by atoms with E-state index in [1.54, 1.807) is 0 Å². The molecule has 1 rings (SSSR count). The summed E-state index contributed by atoms with van der Waals surface area (Å²) in [7, 11) is 0. The standard InChI is InChI=1S/C12H15NO2/c1-3-12(15)13-8-11(14)10-6-4-9(2)5-7-10/h3-7,11,14H,1,8H2,2H3,(H,13,15)/t11-/m1/s1. The van der Waals surface area contributed by atoms with Crippen LogP contribution in [0.2, 0.25) is 0 Å². The van der Waals surface area contributed by atoms with Crippen LogP contribution in [0.1, 0.15) is 17.2 Å². The Morgan fingerprint density at radius 2 is 2.13 bits per heavy atom. The smallest absolute Gasteiger partial charge is 0.243 e. The third-order valence-electron chi connectivity index (χ3n) is 2.12. The van der Waals surface area contributed by atoms with E-state index in [9.17, 15) is 9.90 Å². The van der Waals surface area contributed by atoms with Crippen LogP contribution >= 0.6 is 0 Å². The Balaban J connectivity index is 2.53. The van der Waals surface area contributed by atoms with Gasteiger partial charge in [0.25, 0.3) is 0 Å². The zero-order chi connectivity index (χ0) is 11.3. The summed E-state index contributed by atoms with van der Waals surface area (Å²) in [6.45, 7) is 5.51. The van der Waals surface area contributed by atoms with Gasteiger partial charge in [-0.3, -0.25) is 4.79 Å². The summed E-state index contributed by atoms with van der Waals surface area (Å²) in [5, 5.41) is 12.2. The van der Waals surface area contributed by atoms with Crippen molar-refractivity contribution >= 4 is 5.91 Å². The number of carbonyl (C=O) groups excluding carboxylic acids is 1. The molecule has 0 bridgehead atoms. The van der Waals surface area contributed by atoms with Crippen LogP contribution in [0.15, 0.2) is 36.9 Å². The maximum atomic E-state index is 10.9. The van der Waals surface area contributed by atoms with Gasteiger partial charge < -0.3 is 10.4 Å². The van der Waals surface area contributed by atoms with Gasteiger partial charge >= 0.3 is 0 Å². The van der Waals surface area contributed by atoms with Crippen LogP contribution in [0, 0.1) is 6.92 Å². The van der Waals surface area contributed by atoms with E-state index in [1.165, 1.54) is 6.08 Å². The molecule has 15 heavy (non-hydrogen) atoms. The monoisotopic (exact) mass is 205 g/mol. The number of hydrogen-bond donors (Lipinski definition) is 2. The molecule has 0 aliphatic carbocycles. The highest BCUT2D eigenvalue weighted by atomic mass is 16.3. The summed E-state index contributed by atoms with van der Waals surface area (Å²) < 4.78 is 0. The van der Waals surface area contributed by atoms with Gasteiger partial charge in [0.1, 0.15) is 0 Å². The molecule has 1 aromatic rings. The number of nitrogens with one attached hydrogen (secondary N) is 1. The molecule has 0 aliphatic rings. The van der Waals surface area contributed by atoms with Gasteiger partial charge in [0.05, 0.1) is 6.10 Å². The first kappa shape index (κ1) is 11.5. The first-order chi connectivity index (χ1) is 7.13. The number of benzene rings is 1. The Morgan fingerprint density at radius 1 is 1.53 bits per heavy atom. The van der Waals surface area contributed by atoms with Crippen molar-refractivity contribution in [2.45, 2.75) is 13.0 Å². The van der Waals surface area contributed by atoms with E-state index in [0.29, 0.717) is 0 Å². The van der Waals surface area contributed by atoms with Crippen LogP contribution in [-0.2, 0) is 4.79 Å². The minimum Gasteiger partial charge on any atom is -0.387 e. The lowest BCUT2D eigenvalue weighted by Gasteiger charge is -2.11. The maximum absolute atomic E-state index is 10.9. The van der Waals surface area contributed by atoms with E-state index in [0.717, 1.165) is 11.1 Å². The average Bonchev–Trinajstić information content (AvgIpc) is 2.26. The molecule has 1 aromatic carbocycles. The number of aryl methyl sites for hydroxylation is 1. The molecule has 80 valence electrons. The van der Waals surface area contributed by atoms with Crippen molar-refractivity contribution < 1.29 is 9.90 Å². The fourth-order valence-electron chi connectivity index (χ4n) is 1.18. The molecule has 0 aliphatic heterocycles. The van der Waals surface area contributed by atoms with Crippen molar-refractivity contribution in [2.75, 3.05) is 6.54 Å². The highest BCUT2D eigenvalue weighted by Crippen LogP contribution is 2.12. The van der Waals surface area contributed by atoms with E-state index in [1.807, 2.05) is 31.2 Å². The zero-order valence-electron chi connectivity index (χ0n) is 8.73. The molecule has 0 aromatic heterocycles. The molecule has 1 atom stereocenters. The molecule has 3 heteroatoms. The molecule has 0 heterocycles. The average molecular weight is 205 g/mol. The van der Waals surface area contributed by atoms with Gasteiger partial charge in [0, 0.05) is 6.54 Å². The lowest BCUT2D eigenvalue weighted by Crippen LogP contribution is -2.26. The topological polar surface area (TPSA) is 49.3 Å². The number of aliphatic hydroxyl groups is 1. The molecule has 3 nitrogen and oxygen atoms in total. The highest BCUT2D eigenvalue weighted by molar-refractivity contribution is 5.86.